The maximum absolute atomic E-state index is 3.31. The Hall–Kier alpha value is -2.10. The molecule has 0 aromatic heterocycles. The number of benzene rings is 1. The first kappa shape index (κ1) is 19.9. The highest BCUT2D eigenvalue weighted by Crippen LogP contribution is 2.24. The van der Waals surface area contributed by atoms with Crippen molar-refractivity contribution in [2.75, 3.05) is 0 Å². The zero-order chi connectivity index (χ0) is 18.6. The van der Waals surface area contributed by atoms with Gasteiger partial charge in [0.2, 0.25) is 0 Å². The van der Waals surface area contributed by atoms with Crippen LogP contribution in [0.5, 0.6) is 0 Å². The molecule has 24 heavy (non-hydrogen) atoms. The summed E-state index contributed by atoms with van der Waals surface area (Å²) >= 11 is 0. The average Bonchev–Trinajstić information content (AvgIpc) is 2.38. The molecule has 0 N–H and O–H groups in total. The largest absolute Gasteiger partial charge is 0.0920 e. The average molecular weight is 319 g/mol. The van der Waals surface area contributed by atoms with E-state index in [0.29, 0.717) is 0 Å². The molecule has 0 fully saturated rings. The maximum atomic E-state index is 3.31. The number of rotatable bonds is 0. The van der Waals surface area contributed by atoms with E-state index in [4.69, 9.17) is 0 Å². The minimum Gasteiger partial charge on any atom is -0.0920 e. The summed E-state index contributed by atoms with van der Waals surface area (Å²) in [6, 6.07) is 6.37. The Morgan fingerprint density at radius 2 is 1.08 bits per heavy atom. The molecule has 0 saturated carbocycles. The van der Waals surface area contributed by atoms with E-state index in [1.165, 1.54) is 5.56 Å². The molecule has 0 nitrogen and oxygen atoms in total. The molecule has 0 radical (unpaired) electrons. The van der Waals surface area contributed by atoms with Crippen molar-refractivity contribution in [3.63, 3.8) is 0 Å². The quantitative estimate of drug-likeness (QED) is 0.532. The van der Waals surface area contributed by atoms with Crippen molar-refractivity contribution in [2.45, 2.75) is 67.7 Å². The van der Waals surface area contributed by atoms with Gasteiger partial charge in [0.05, 0.1) is 0 Å². The van der Waals surface area contributed by atoms with Crippen molar-refractivity contribution < 1.29 is 0 Å². The van der Waals surface area contributed by atoms with Crippen LogP contribution in [0.25, 0.3) is 0 Å². The molecule has 1 aromatic rings. The van der Waals surface area contributed by atoms with Crippen LogP contribution in [0.4, 0.5) is 0 Å². The normalized spacial score (nSPS) is 11.4. The van der Waals surface area contributed by atoms with Gasteiger partial charge in [-0.25, -0.2) is 0 Å². The third kappa shape index (κ3) is 7.95. The van der Waals surface area contributed by atoms with Crippen molar-refractivity contribution in [3.05, 3.63) is 34.9 Å². The second-order valence-electron chi connectivity index (χ2n) is 9.30. The zero-order valence-electron chi connectivity index (χ0n) is 16.7. The first-order chi connectivity index (χ1) is 10.8. The van der Waals surface area contributed by atoms with Crippen LogP contribution in [0.15, 0.2) is 18.2 Å². The number of hydrogen-bond acceptors (Lipinski definition) is 0. The fourth-order valence-corrected chi connectivity index (χ4v) is 1.79. The van der Waals surface area contributed by atoms with E-state index in [9.17, 15) is 0 Å². The monoisotopic (exact) mass is 318 g/mol. The van der Waals surface area contributed by atoms with Gasteiger partial charge in [-0.1, -0.05) is 44.5 Å². The summed E-state index contributed by atoms with van der Waals surface area (Å²) in [5.41, 5.74) is 3.27. The summed E-state index contributed by atoms with van der Waals surface area (Å²) in [5, 5.41) is 0. The molecular formula is C24H30. The number of hydrogen-bond donors (Lipinski definition) is 0. The van der Waals surface area contributed by atoms with Gasteiger partial charge in [0.1, 0.15) is 0 Å². The van der Waals surface area contributed by atoms with Crippen LogP contribution in [0.2, 0.25) is 0 Å². The Bertz CT molecular complexity index is 765. The van der Waals surface area contributed by atoms with E-state index in [0.717, 1.165) is 11.1 Å². The lowest BCUT2D eigenvalue weighted by molar-refractivity contribution is 0.570. The third-order valence-electron chi connectivity index (χ3n) is 3.09. The van der Waals surface area contributed by atoms with Gasteiger partial charge >= 0.3 is 0 Å². The van der Waals surface area contributed by atoms with Gasteiger partial charge in [0.15, 0.2) is 0 Å². The summed E-state index contributed by atoms with van der Waals surface area (Å²) in [5.74, 6) is 18.9. The van der Waals surface area contributed by atoms with Gasteiger partial charge in [0, 0.05) is 22.0 Å². The summed E-state index contributed by atoms with van der Waals surface area (Å²) < 4.78 is 0. The van der Waals surface area contributed by atoms with Crippen molar-refractivity contribution in [1.82, 2.24) is 0 Å². The highest BCUT2D eigenvalue weighted by molar-refractivity contribution is 5.50. The fourth-order valence-electron chi connectivity index (χ4n) is 1.79. The van der Waals surface area contributed by atoms with Crippen LogP contribution in [-0.2, 0) is 5.41 Å². The first-order valence-corrected chi connectivity index (χ1v) is 8.48. The van der Waals surface area contributed by atoms with Gasteiger partial charge in [0.25, 0.3) is 0 Å². The fraction of sp³-hybridized carbons (Fsp3) is 0.500. The van der Waals surface area contributed by atoms with Crippen LogP contribution >= 0.6 is 0 Å². The molecule has 0 bridgehead atoms. The van der Waals surface area contributed by atoms with Crippen molar-refractivity contribution in [2.24, 2.45) is 10.8 Å². The third-order valence-corrected chi connectivity index (χ3v) is 3.09. The molecule has 0 amide bonds. The van der Waals surface area contributed by atoms with E-state index in [-0.39, 0.29) is 16.2 Å². The molecule has 0 unspecified atom stereocenters. The molecule has 0 saturated heterocycles. The molecule has 126 valence electrons. The Morgan fingerprint density at radius 3 is 1.54 bits per heavy atom. The van der Waals surface area contributed by atoms with E-state index in [1.54, 1.807) is 0 Å². The zero-order valence-corrected chi connectivity index (χ0v) is 16.7. The minimum absolute atomic E-state index is 0.0121. The summed E-state index contributed by atoms with van der Waals surface area (Å²) in [4.78, 5) is 0. The van der Waals surface area contributed by atoms with Crippen LogP contribution in [0, 0.1) is 46.4 Å². The lowest BCUT2D eigenvalue weighted by Gasteiger charge is -2.19. The predicted molar refractivity (Wildman–Crippen MR) is 106 cm³/mol. The Kier molecular flexibility index (Phi) is 5.99. The second-order valence-corrected chi connectivity index (χ2v) is 9.30. The van der Waals surface area contributed by atoms with Gasteiger partial charge in [-0.2, -0.15) is 0 Å². The lowest BCUT2D eigenvalue weighted by Crippen LogP contribution is -2.11. The molecule has 0 atom stereocenters. The Balaban J connectivity index is 3.32. The molecule has 1 aromatic carbocycles. The van der Waals surface area contributed by atoms with Crippen molar-refractivity contribution >= 4 is 0 Å². The van der Waals surface area contributed by atoms with Crippen LogP contribution in [0.1, 0.15) is 79.0 Å². The Labute approximate surface area is 149 Å². The first-order valence-electron chi connectivity index (χ1n) is 8.48. The van der Waals surface area contributed by atoms with Crippen molar-refractivity contribution in [1.29, 1.82) is 0 Å². The molecule has 0 aliphatic rings. The van der Waals surface area contributed by atoms with Gasteiger partial charge in [-0.3, -0.25) is 0 Å². The summed E-state index contributed by atoms with van der Waals surface area (Å²) in [6.07, 6.45) is 0. The van der Waals surface area contributed by atoms with E-state index < -0.39 is 0 Å². The predicted octanol–water partition coefficient (Wildman–Crippen LogP) is 5.78. The van der Waals surface area contributed by atoms with Gasteiger partial charge < -0.3 is 0 Å². The minimum atomic E-state index is -0.0225. The molecule has 0 heteroatoms. The van der Waals surface area contributed by atoms with Gasteiger partial charge in [-0.15, -0.1) is 0 Å². The molecular weight excluding hydrogens is 288 g/mol. The molecule has 0 aliphatic carbocycles. The summed E-state index contributed by atoms with van der Waals surface area (Å²) in [6.45, 7) is 19.2. The van der Waals surface area contributed by atoms with E-state index in [2.05, 4.69) is 116 Å². The van der Waals surface area contributed by atoms with Crippen molar-refractivity contribution in [3.8, 4) is 35.5 Å². The highest BCUT2D eigenvalue weighted by Gasteiger charge is 2.15. The smallest absolute Gasteiger partial charge is 0.0270 e. The molecule has 0 heterocycles. The van der Waals surface area contributed by atoms with E-state index >= 15 is 0 Å². The van der Waals surface area contributed by atoms with Crippen LogP contribution in [0.3, 0.4) is 0 Å². The molecule has 0 aliphatic heterocycles. The van der Waals surface area contributed by atoms with Crippen LogP contribution < -0.4 is 0 Å². The second kappa shape index (κ2) is 7.20. The maximum Gasteiger partial charge on any atom is 0.0270 e. The molecule has 1 rings (SSSR count). The lowest BCUT2D eigenvalue weighted by atomic mass is 9.85. The highest BCUT2D eigenvalue weighted by atomic mass is 14.2. The standard InChI is InChI=1S/C24H30/c1-22(2,3)14-11-10-12-19-16-20(13-15-23(4,5)6)18-21(17-19)24(7,8)9/h16-18H,1-9H3. The topological polar surface area (TPSA) is 0 Å². The Morgan fingerprint density at radius 1 is 0.583 bits per heavy atom. The van der Waals surface area contributed by atoms with Crippen LogP contribution in [-0.4, -0.2) is 0 Å². The van der Waals surface area contributed by atoms with E-state index in [1.807, 2.05) is 0 Å². The SMILES string of the molecule is CC(C)(C)C#CC#Cc1cc(C#CC(C)(C)C)cc(C(C)(C)C)c1. The molecule has 0 spiro atoms. The summed E-state index contributed by atoms with van der Waals surface area (Å²) in [7, 11) is 0. The van der Waals surface area contributed by atoms with Gasteiger partial charge in [-0.05, 0) is 82.6 Å².